The van der Waals surface area contributed by atoms with E-state index in [0.717, 1.165) is 5.92 Å². The molecule has 0 saturated carbocycles. The SMILES string of the molecule is CCSCC[C@@H]1CCNC1. The van der Waals surface area contributed by atoms with Gasteiger partial charge in [0, 0.05) is 0 Å². The molecule has 1 aliphatic rings. The van der Waals surface area contributed by atoms with E-state index in [4.69, 9.17) is 0 Å². The van der Waals surface area contributed by atoms with E-state index >= 15 is 0 Å². The standard InChI is InChI=1S/C8H17NS/c1-2-10-6-4-8-3-5-9-7-8/h8-9H,2-7H2,1H3/t8-/m0/s1. The molecule has 2 heteroatoms. The van der Waals surface area contributed by atoms with Crippen LogP contribution < -0.4 is 5.32 Å². The Hall–Kier alpha value is 0.310. The Morgan fingerprint density at radius 1 is 1.60 bits per heavy atom. The average molecular weight is 159 g/mol. The predicted molar refractivity (Wildman–Crippen MR) is 48.6 cm³/mol. The van der Waals surface area contributed by atoms with Crippen LogP contribution >= 0.6 is 11.8 Å². The molecule has 0 amide bonds. The summed E-state index contributed by atoms with van der Waals surface area (Å²) in [6.07, 6.45) is 2.83. The zero-order chi connectivity index (χ0) is 7.23. The Morgan fingerprint density at radius 2 is 2.50 bits per heavy atom. The van der Waals surface area contributed by atoms with Gasteiger partial charge in [-0.25, -0.2) is 0 Å². The van der Waals surface area contributed by atoms with Gasteiger partial charge in [-0.15, -0.1) is 0 Å². The van der Waals surface area contributed by atoms with Crippen LogP contribution in [0.3, 0.4) is 0 Å². The molecule has 0 aromatic rings. The first-order valence-corrected chi connectivity index (χ1v) is 5.37. The van der Waals surface area contributed by atoms with Crippen LogP contribution in [-0.4, -0.2) is 24.6 Å². The minimum Gasteiger partial charge on any atom is -0.316 e. The zero-order valence-electron chi connectivity index (χ0n) is 6.73. The molecular weight excluding hydrogens is 142 g/mol. The molecule has 0 aromatic carbocycles. The topological polar surface area (TPSA) is 12.0 Å². The van der Waals surface area contributed by atoms with Crippen molar-refractivity contribution in [2.75, 3.05) is 24.6 Å². The maximum Gasteiger partial charge on any atom is -0.00197 e. The summed E-state index contributed by atoms with van der Waals surface area (Å²) in [7, 11) is 0. The summed E-state index contributed by atoms with van der Waals surface area (Å²) in [5.74, 6) is 3.63. The first-order chi connectivity index (χ1) is 4.93. The van der Waals surface area contributed by atoms with Crippen molar-refractivity contribution in [1.29, 1.82) is 0 Å². The van der Waals surface area contributed by atoms with Gasteiger partial charge in [-0.1, -0.05) is 6.92 Å². The summed E-state index contributed by atoms with van der Waals surface area (Å²) in [5.41, 5.74) is 0. The van der Waals surface area contributed by atoms with Crippen molar-refractivity contribution in [2.45, 2.75) is 19.8 Å². The van der Waals surface area contributed by atoms with Gasteiger partial charge in [-0.3, -0.25) is 0 Å². The van der Waals surface area contributed by atoms with Crippen LogP contribution in [0.1, 0.15) is 19.8 Å². The monoisotopic (exact) mass is 159 g/mol. The second-order valence-corrected chi connectivity index (χ2v) is 4.24. The number of rotatable bonds is 4. The highest BCUT2D eigenvalue weighted by Gasteiger charge is 2.12. The van der Waals surface area contributed by atoms with E-state index in [1.165, 1.54) is 37.4 Å². The smallest absolute Gasteiger partial charge is 0.00197 e. The van der Waals surface area contributed by atoms with E-state index in [0.29, 0.717) is 0 Å². The van der Waals surface area contributed by atoms with Crippen LogP contribution in [0.2, 0.25) is 0 Å². The van der Waals surface area contributed by atoms with Crippen LogP contribution in [0, 0.1) is 5.92 Å². The van der Waals surface area contributed by atoms with E-state index < -0.39 is 0 Å². The van der Waals surface area contributed by atoms with E-state index in [-0.39, 0.29) is 0 Å². The van der Waals surface area contributed by atoms with Crippen molar-refractivity contribution in [1.82, 2.24) is 5.32 Å². The largest absolute Gasteiger partial charge is 0.316 e. The Labute approximate surface area is 68.0 Å². The highest BCUT2D eigenvalue weighted by molar-refractivity contribution is 7.99. The molecule has 0 aromatic heterocycles. The summed E-state index contributed by atoms with van der Waals surface area (Å²) in [6, 6.07) is 0. The molecule has 1 nitrogen and oxygen atoms in total. The van der Waals surface area contributed by atoms with Crippen LogP contribution in [-0.2, 0) is 0 Å². The second-order valence-electron chi connectivity index (χ2n) is 2.84. The fourth-order valence-electron chi connectivity index (χ4n) is 1.36. The lowest BCUT2D eigenvalue weighted by Gasteiger charge is -2.05. The van der Waals surface area contributed by atoms with E-state index in [9.17, 15) is 0 Å². The van der Waals surface area contributed by atoms with Crippen molar-refractivity contribution in [3.05, 3.63) is 0 Å². The van der Waals surface area contributed by atoms with Crippen molar-refractivity contribution in [2.24, 2.45) is 5.92 Å². The summed E-state index contributed by atoms with van der Waals surface area (Å²) in [6.45, 7) is 4.75. The average Bonchev–Trinajstić information content (AvgIpc) is 2.41. The van der Waals surface area contributed by atoms with Crippen molar-refractivity contribution < 1.29 is 0 Å². The van der Waals surface area contributed by atoms with Gasteiger partial charge in [-0.05, 0) is 43.4 Å². The Bertz CT molecular complexity index is 79.3. The lowest BCUT2D eigenvalue weighted by Crippen LogP contribution is -2.09. The van der Waals surface area contributed by atoms with Crippen LogP contribution in [0.4, 0.5) is 0 Å². The highest BCUT2D eigenvalue weighted by Crippen LogP contribution is 2.15. The minimum atomic E-state index is 0.985. The molecule has 0 spiro atoms. The van der Waals surface area contributed by atoms with E-state index in [1.54, 1.807) is 0 Å². The molecule has 60 valence electrons. The fraction of sp³-hybridized carbons (Fsp3) is 1.00. The Balaban J connectivity index is 1.91. The molecule has 0 bridgehead atoms. The highest BCUT2D eigenvalue weighted by atomic mass is 32.2. The van der Waals surface area contributed by atoms with Gasteiger partial charge >= 0.3 is 0 Å². The van der Waals surface area contributed by atoms with Crippen molar-refractivity contribution in [3.63, 3.8) is 0 Å². The maximum atomic E-state index is 3.39. The lowest BCUT2D eigenvalue weighted by molar-refractivity contribution is 0.568. The van der Waals surface area contributed by atoms with Crippen molar-refractivity contribution in [3.8, 4) is 0 Å². The fourth-order valence-corrected chi connectivity index (χ4v) is 2.14. The lowest BCUT2D eigenvalue weighted by atomic mass is 10.1. The molecular formula is C8H17NS. The van der Waals surface area contributed by atoms with E-state index in [1.807, 2.05) is 0 Å². The van der Waals surface area contributed by atoms with E-state index in [2.05, 4.69) is 24.0 Å². The zero-order valence-corrected chi connectivity index (χ0v) is 7.54. The van der Waals surface area contributed by atoms with Gasteiger partial charge in [0.1, 0.15) is 0 Å². The molecule has 0 radical (unpaired) electrons. The first kappa shape index (κ1) is 8.41. The van der Waals surface area contributed by atoms with Gasteiger partial charge in [0.15, 0.2) is 0 Å². The predicted octanol–water partition coefficient (Wildman–Crippen LogP) is 1.74. The maximum absolute atomic E-state index is 3.39. The molecule has 10 heavy (non-hydrogen) atoms. The first-order valence-electron chi connectivity index (χ1n) is 4.22. The number of hydrogen-bond acceptors (Lipinski definition) is 2. The van der Waals surface area contributed by atoms with Gasteiger partial charge in [0.05, 0.1) is 0 Å². The van der Waals surface area contributed by atoms with Crippen LogP contribution in [0.25, 0.3) is 0 Å². The van der Waals surface area contributed by atoms with Gasteiger partial charge in [0.25, 0.3) is 0 Å². The summed E-state index contributed by atoms with van der Waals surface area (Å²) < 4.78 is 0. The van der Waals surface area contributed by atoms with Gasteiger partial charge in [0.2, 0.25) is 0 Å². The summed E-state index contributed by atoms with van der Waals surface area (Å²) >= 11 is 2.07. The Morgan fingerprint density at radius 3 is 3.10 bits per heavy atom. The molecule has 1 saturated heterocycles. The Kier molecular flexibility index (Phi) is 4.23. The summed E-state index contributed by atoms with van der Waals surface area (Å²) in [5, 5.41) is 3.39. The molecule has 1 atom stereocenters. The third kappa shape index (κ3) is 2.93. The molecule has 0 aliphatic carbocycles. The van der Waals surface area contributed by atoms with Crippen LogP contribution in [0.15, 0.2) is 0 Å². The van der Waals surface area contributed by atoms with Gasteiger partial charge < -0.3 is 5.32 Å². The molecule has 0 unspecified atom stereocenters. The molecule has 1 aliphatic heterocycles. The molecule has 1 N–H and O–H groups in total. The van der Waals surface area contributed by atoms with Gasteiger partial charge in [-0.2, -0.15) is 11.8 Å². The van der Waals surface area contributed by atoms with Crippen molar-refractivity contribution >= 4 is 11.8 Å². The third-order valence-corrected chi connectivity index (χ3v) is 2.97. The molecule has 1 rings (SSSR count). The summed E-state index contributed by atoms with van der Waals surface area (Å²) in [4.78, 5) is 0. The second kappa shape index (κ2) is 5.03. The van der Waals surface area contributed by atoms with Crippen LogP contribution in [0.5, 0.6) is 0 Å². The molecule has 1 heterocycles. The number of thioether (sulfide) groups is 1. The minimum absolute atomic E-state index is 0.985. The quantitative estimate of drug-likeness (QED) is 0.627. The number of nitrogens with one attached hydrogen (secondary N) is 1. The normalized spacial score (nSPS) is 25.5. The molecule has 1 fully saturated rings. The third-order valence-electron chi connectivity index (χ3n) is 2.04. The number of hydrogen-bond donors (Lipinski definition) is 1.